The molecule has 5 aromatic rings. The molecule has 0 saturated carbocycles. The quantitative estimate of drug-likeness (QED) is 0.0463. The Hall–Kier alpha value is -7.29. The Morgan fingerprint density at radius 1 is 0.830 bits per heavy atom. The molecule has 19 nitrogen and oxygen atoms in total. The number of non-ortho nitro benzene ring substituents is 1. The van der Waals surface area contributed by atoms with E-state index in [0.29, 0.717) is 35.7 Å². The minimum atomic E-state index is -4.89. The van der Waals surface area contributed by atoms with Crippen molar-refractivity contribution in [1.29, 1.82) is 0 Å². The van der Waals surface area contributed by atoms with E-state index in [9.17, 15) is 47.4 Å². The van der Waals surface area contributed by atoms with E-state index in [1.165, 1.54) is 12.1 Å². The summed E-state index contributed by atoms with van der Waals surface area (Å²) in [5.74, 6) is -1.36. The number of hydrogen-bond donors (Lipinski definition) is 5. The monoisotopic (exact) mass is 749 g/mol. The normalized spacial score (nSPS) is 10.7. The second-order valence-corrected chi connectivity index (χ2v) is 12.2. The first kappa shape index (κ1) is 38.5. The lowest BCUT2D eigenvalue weighted by Crippen LogP contribution is -2.12. The fourth-order valence-electron chi connectivity index (χ4n) is 4.70. The minimum Gasteiger partial charge on any atom is -0.497 e. The molecule has 0 aliphatic carbocycles. The molecule has 53 heavy (non-hydrogen) atoms. The van der Waals surface area contributed by atoms with Crippen LogP contribution in [0.1, 0.15) is 22.3 Å². The maximum Gasteiger partial charge on any atom is 0.332 e. The van der Waals surface area contributed by atoms with Crippen LogP contribution in [-0.4, -0.2) is 50.7 Å². The van der Waals surface area contributed by atoms with Crippen molar-refractivity contribution < 1.29 is 37.0 Å². The van der Waals surface area contributed by atoms with Crippen LogP contribution >= 0.6 is 0 Å². The lowest BCUT2D eigenvalue weighted by atomic mass is 10.1. The molecular formula is C32H28FN9O10S. The third-order valence-electron chi connectivity index (χ3n) is 7.19. The van der Waals surface area contributed by atoms with E-state index in [1.807, 2.05) is 42.5 Å². The molecule has 4 aromatic carbocycles. The summed E-state index contributed by atoms with van der Waals surface area (Å²) in [6.07, 6.45) is 1.54. The number of phenols is 1. The Balaban J connectivity index is 0.000000328. The van der Waals surface area contributed by atoms with Crippen molar-refractivity contribution in [2.75, 3.05) is 28.6 Å². The van der Waals surface area contributed by atoms with Gasteiger partial charge in [0.1, 0.15) is 11.4 Å². The number of halogens is 1. The topological polar surface area (TPSA) is 303 Å². The largest absolute Gasteiger partial charge is 0.497 e. The van der Waals surface area contributed by atoms with E-state index in [1.54, 1.807) is 12.1 Å². The van der Waals surface area contributed by atoms with Gasteiger partial charge in [-0.25, -0.2) is 4.98 Å². The molecule has 7 N–H and O–H groups in total. The number of hydrogen-bond acceptors (Lipinski definition) is 15. The standard InChI is InChI=1S/C26H25FN6O3S.C6H3N3O7/c27-37(35,36)21-10-4-9-19(16-21)25(34)31-20-13-11-17(12-14-20)6-5-15-30-23-22(18-7-2-1-3-8-18)32-26(29)33-24(23)28;10-6-4(8(13)14)1-3(7(11)12)2-5(6)9(15)16/h1-4,7-14,16,30H,5-6,15H2,(H,31,34)(H4,28,29,32,33);1-2,10H. The lowest BCUT2D eigenvalue weighted by molar-refractivity contribution is -0.404. The molecule has 1 heterocycles. The summed E-state index contributed by atoms with van der Waals surface area (Å²) >= 11 is 0. The number of nitrogens with two attached hydrogens (primary N) is 2. The number of aryl methyl sites for hydroxylation is 1. The third kappa shape index (κ3) is 10.1. The zero-order chi connectivity index (χ0) is 38.9. The van der Waals surface area contributed by atoms with Crippen LogP contribution in [0.3, 0.4) is 0 Å². The Kier molecular flexibility index (Phi) is 12.1. The molecule has 274 valence electrons. The van der Waals surface area contributed by atoms with Gasteiger partial charge in [-0.2, -0.15) is 13.4 Å². The van der Waals surface area contributed by atoms with Crippen LogP contribution in [0.5, 0.6) is 5.75 Å². The number of amides is 1. The van der Waals surface area contributed by atoms with Crippen molar-refractivity contribution in [3.8, 4) is 17.0 Å². The Morgan fingerprint density at radius 2 is 1.45 bits per heavy atom. The number of benzene rings is 4. The average molecular weight is 750 g/mol. The summed E-state index contributed by atoms with van der Waals surface area (Å²) in [6.45, 7) is 0.615. The SMILES string of the molecule is Nc1nc(N)c(NCCCc2ccc(NC(=O)c3cccc(S(=O)(=O)F)c3)cc2)c(-c2ccccc2)n1.O=[N+]([O-])c1cc([N+](=O)[O-])c(O)c([N+](=O)[O-])c1. The number of nitrogens with one attached hydrogen (secondary N) is 2. The van der Waals surface area contributed by atoms with Gasteiger partial charge in [0.15, 0.2) is 5.82 Å². The highest BCUT2D eigenvalue weighted by Crippen LogP contribution is 2.39. The van der Waals surface area contributed by atoms with Crippen molar-refractivity contribution in [3.63, 3.8) is 0 Å². The van der Waals surface area contributed by atoms with Crippen LogP contribution < -0.4 is 22.1 Å². The lowest BCUT2D eigenvalue weighted by Gasteiger charge is -2.14. The van der Waals surface area contributed by atoms with Crippen LogP contribution in [0.25, 0.3) is 11.3 Å². The minimum absolute atomic E-state index is 0.0367. The van der Waals surface area contributed by atoms with Crippen LogP contribution in [-0.2, 0) is 16.6 Å². The molecule has 0 aliphatic rings. The van der Waals surface area contributed by atoms with E-state index in [0.717, 1.165) is 36.1 Å². The smallest absolute Gasteiger partial charge is 0.332 e. The van der Waals surface area contributed by atoms with Gasteiger partial charge in [0, 0.05) is 23.4 Å². The van der Waals surface area contributed by atoms with Crippen molar-refractivity contribution in [1.82, 2.24) is 9.97 Å². The van der Waals surface area contributed by atoms with Crippen molar-refractivity contribution in [2.45, 2.75) is 17.7 Å². The molecule has 0 fully saturated rings. The Bertz CT molecular complexity index is 2260. The molecule has 0 radical (unpaired) electrons. The van der Waals surface area contributed by atoms with Gasteiger partial charge in [-0.05, 0) is 48.7 Å². The Morgan fingerprint density at radius 3 is 2.02 bits per heavy atom. The van der Waals surface area contributed by atoms with Gasteiger partial charge in [0.05, 0.1) is 31.8 Å². The van der Waals surface area contributed by atoms with Crippen LogP contribution in [0, 0.1) is 30.3 Å². The van der Waals surface area contributed by atoms with E-state index in [4.69, 9.17) is 16.6 Å². The van der Waals surface area contributed by atoms with Crippen molar-refractivity contribution >= 4 is 56.3 Å². The molecule has 0 spiro atoms. The third-order valence-corrected chi connectivity index (χ3v) is 8.01. The first-order valence-electron chi connectivity index (χ1n) is 15.0. The molecule has 5 rings (SSSR count). The molecule has 1 amide bonds. The number of aromatic nitrogens is 2. The maximum atomic E-state index is 13.2. The number of anilines is 4. The predicted octanol–water partition coefficient (Wildman–Crippen LogP) is 5.38. The number of nitro benzene ring substituents is 3. The van der Waals surface area contributed by atoms with Gasteiger partial charge >= 0.3 is 21.6 Å². The fourth-order valence-corrected chi connectivity index (χ4v) is 5.21. The summed E-state index contributed by atoms with van der Waals surface area (Å²) in [7, 11) is -4.89. The van der Waals surface area contributed by atoms with Crippen LogP contribution in [0.2, 0.25) is 0 Å². The molecule has 1 aromatic heterocycles. The van der Waals surface area contributed by atoms with E-state index in [-0.39, 0.29) is 17.3 Å². The second kappa shape index (κ2) is 16.6. The second-order valence-electron chi connectivity index (χ2n) is 10.8. The summed E-state index contributed by atoms with van der Waals surface area (Å²) in [5.41, 5.74) is 12.7. The maximum absolute atomic E-state index is 13.2. The number of carbonyl (C=O) groups excluding carboxylic acids is 1. The molecule has 0 saturated heterocycles. The molecule has 0 atom stereocenters. The summed E-state index contributed by atoms with van der Waals surface area (Å²) < 4.78 is 35.4. The number of aromatic hydroxyl groups is 1. The number of phenolic OH excluding ortho intramolecular Hbond substituents is 1. The number of nitrogens with zero attached hydrogens (tertiary/aromatic N) is 5. The molecule has 21 heteroatoms. The number of nitrogen functional groups attached to an aromatic ring is 2. The first-order chi connectivity index (χ1) is 25.0. The summed E-state index contributed by atoms with van der Waals surface area (Å²) in [6, 6.07) is 22.5. The highest BCUT2D eigenvalue weighted by molar-refractivity contribution is 7.86. The zero-order valence-electron chi connectivity index (χ0n) is 27.1. The van der Waals surface area contributed by atoms with Crippen molar-refractivity contribution in [3.05, 3.63) is 132 Å². The summed E-state index contributed by atoms with van der Waals surface area (Å²) in [5, 5.41) is 46.2. The highest BCUT2D eigenvalue weighted by atomic mass is 32.3. The van der Waals surface area contributed by atoms with E-state index < -0.39 is 58.6 Å². The van der Waals surface area contributed by atoms with Crippen molar-refractivity contribution in [2.24, 2.45) is 0 Å². The molecule has 0 bridgehead atoms. The highest BCUT2D eigenvalue weighted by Gasteiger charge is 2.30. The Labute approximate surface area is 298 Å². The predicted molar refractivity (Wildman–Crippen MR) is 190 cm³/mol. The van der Waals surface area contributed by atoms with Crippen LogP contribution in [0.15, 0.2) is 95.9 Å². The zero-order valence-corrected chi connectivity index (χ0v) is 27.9. The van der Waals surface area contributed by atoms with Gasteiger partial charge in [-0.1, -0.05) is 48.5 Å². The molecular weight excluding hydrogens is 721 g/mol. The average Bonchev–Trinajstić information content (AvgIpc) is 3.11. The van der Waals surface area contributed by atoms with Gasteiger partial charge in [0.25, 0.3) is 17.3 Å². The number of nitro groups is 3. The number of carbonyl (C=O) groups is 1. The van der Waals surface area contributed by atoms with Gasteiger partial charge in [-0.3, -0.25) is 35.1 Å². The number of rotatable bonds is 12. The van der Waals surface area contributed by atoms with Gasteiger partial charge < -0.3 is 27.2 Å². The van der Waals surface area contributed by atoms with Gasteiger partial charge in [-0.15, -0.1) is 3.89 Å². The van der Waals surface area contributed by atoms with E-state index in [2.05, 4.69) is 20.6 Å². The van der Waals surface area contributed by atoms with E-state index >= 15 is 0 Å². The van der Waals surface area contributed by atoms with Crippen LogP contribution in [0.4, 0.5) is 44.1 Å². The fraction of sp³-hybridized carbons (Fsp3) is 0.0938. The van der Waals surface area contributed by atoms with Gasteiger partial charge in [0.2, 0.25) is 5.95 Å². The summed E-state index contributed by atoms with van der Waals surface area (Å²) in [4.78, 5) is 48.1. The first-order valence-corrected chi connectivity index (χ1v) is 16.4. The molecule has 0 aliphatic heterocycles. The molecule has 0 unspecified atom stereocenters.